The van der Waals surface area contributed by atoms with Crippen molar-refractivity contribution in [3.63, 3.8) is 0 Å². The second kappa shape index (κ2) is 6.22. The lowest BCUT2D eigenvalue weighted by Gasteiger charge is -2.33. The first-order valence-corrected chi connectivity index (χ1v) is 7.08. The van der Waals surface area contributed by atoms with E-state index in [0.29, 0.717) is 5.82 Å². The highest BCUT2D eigenvalue weighted by atomic mass is 16.5. The maximum Gasteiger partial charge on any atom is 0.335 e. The molecule has 0 spiro atoms. The Kier molecular flexibility index (Phi) is 4.60. The van der Waals surface area contributed by atoms with E-state index in [1.54, 1.807) is 12.1 Å². The van der Waals surface area contributed by atoms with Crippen LogP contribution in [0.15, 0.2) is 12.1 Å². The molecule has 1 aliphatic rings. The van der Waals surface area contributed by atoms with Crippen LogP contribution in [0.1, 0.15) is 42.7 Å². The summed E-state index contributed by atoms with van der Waals surface area (Å²) in [7, 11) is 0. The average molecular weight is 278 g/mol. The van der Waals surface area contributed by atoms with E-state index in [0.717, 1.165) is 44.7 Å². The molecule has 0 unspecified atom stereocenters. The molecule has 1 aromatic rings. The van der Waals surface area contributed by atoms with Crippen LogP contribution in [0, 0.1) is 5.41 Å². The fraction of sp³-hybridized carbons (Fsp3) is 0.600. The number of pyridine rings is 1. The van der Waals surface area contributed by atoms with Gasteiger partial charge in [0.1, 0.15) is 5.82 Å². The second-order valence-corrected chi connectivity index (χ2v) is 5.67. The summed E-state index contributed by atoms with van der Waals surface area (Å²) in [6.07, 6.45) is 2.75. The van der Waals surface area contributed by atoms with Crippen LogP contribution < -0.4 is 5.32 Å². The minimum absolute atomic E-state index is 0.186. The highest BCUT2D eigenvalue weighted by Crippen LogP contribution is 2.29. The number of carbonyl (C=O) groups is 1. The van der Waals surface area contributed by atoms with Gasteiger partial charge >= 0.3 is 5.97 Å². The summed E-state index contributed by atoms with van der Waals surface area (Å²) >= 11 is 0. The summed E-state index contributed by atoms with van der Waals surface area (Å²) in [5, 5.41) is 12.4. The van der Waals surface area contributed by atoms with Crippen LogP contribution in [0.5, 0.6) is 0 Å². The molecule has 0 saturated carbocycles. The quantitative estimate of drug-likeness (QED) is 0.866. The highest BCUT2D eigenvalue weighted by molar-refractivity contribution is 5.88. The third kappa shape index (κ3) is 3.70. The largest absolute Gasteiger partial charge is 0.478 e. The van der Waals surface area contributed by atoms with E-state index < -0.39 is 5.97 Å². The number of anilines is 1. The molecule has 5 heteroatoms. The Hall–Kier alpha value is -1.62. The molecule has 2 rings (SSSR count). The van der Waals surface area contributed by atoms with E-state index in [4.69, 9.17) is 9.84 Å². The first kappa shape index (κ1) is 14.8. The third-order valence-electron chi connectivity index (χ3n) is 3.88. The maximum absolute atomic E-state index is 11.1. The standard InChI is InChI=1S/C15H22N2O3/c1-3-12-8-11(14(18)19)9-13(17-12)16-10-15(2)4-6-20-7-5-15/h8-9H,3-7,10H2,1-2H3,(H,16,17)(H,18,19). The van der Waals surface area contributed by atoms with Crippen molar-refractivity contribution < 1.29 is 14.6 Å². The number of aromatic nitrogens is 1. The fourth-order valence-electron chi connectivity index (χ4n) is 2.33. The smallest absolute Gasteiger partial charge is 0.335 e. The second-order valence-electron chi connectivity index (χ2n) is 5.67. The number of nitrogens with one attached hydrogen (secondary N) is 1. The van der Waals surface area contributed by atoms with Crippen molar-refractivity contribution in [3.05, 3.63) is 23.4 Å². The van der Waals surface area contributed by atoms with E-state index in [-0.39, 0.29) is 11.0 Å². The van der Waals surface area contributed by atoms with Crippen LogP contribution >= 0.6 is 0 Å². The Balaban J connectivity index is 2.08. The van der Waals surface area contributed by atoms with Crippen molar-refractivity contribution >= 4 is 11.8 Å². The fourth-order valence-corrected chi connectivity index (χ4v) is 2.33. The van der Waals surface area contributed by atoms with E-state index in [9.17, 15) is 4.79 Å². The number of hydrogen-bond donors (Lipinski definition) is 2. The molecule has 0 bridgehead atoms. The maximum atomic E-state index is 11.1. The normalized spacial score (nSPS) is 17.7. The first-order chi connectivity index (χ1) is 9.52. The van der Waals surface area contributed by atoms with Gasteiger partial charge in [0, 0.05) is 25.5 Å². The molecule has 1 aromatic heterocycles. The number of rotatable bonds is 5. The van der Waals surface area contributed by atoms with Crippen molar-refractivity contribution in [2.45, 2.75) is 33.1 Å². The molecular weight excluding hydrogens is 256 g/mol. The Morgan fingerprint density at radius 3 is 2.75 bits per heavy atom. The molecular formula is C15H22N2O3. The summed E-state index contributed by atoms with van der Waals surface area (Å²) in [4.78, 5) is 15.6. The van der Waals surface area contributed by atoms with Crippen LogP contribution in [0.3, 0.4) is 0 Å². The monoisotopic (exact) mass is 278 g/mol. The molecule has 0 aromatic carbocycles. The SMILES string of the molecule is CCc1cc(C(=O)O)cc(NCC2(C)CCOCC2)n1. The highest BCUT2D eigenvalue weighted by Gasteiger charge is 2.27. The molecule has 5 nitrogen and oxygen atoms in total. The molecule has 110 valence electrons. The summed E-state index contributed by atoms with van der Waals surface area (Å²) in [5.41, 5.74) is 1.27. The molecule has 2 N–H and O–H groups in total. The van der Waals surface area contributed by atoms with Gasteiger partial charge in [-0.15, -0.1) is 0 Å². The lowest BCUT2D eigenvalue weighted by atomic mass is 9.82. The van der Waals surface area contributed by atoms with E-state index in [1.165, 1.54) is 0 Å². The topological polar surface area (TPSA) is 71.5 Å². The van der Waals surface area contributed by atoms with Gasteiger partial charge in [-0.05, 0) is 36.8 Å². The number of carboxylic acids is 1. The summed E-state index contributed by atoms with van der Waals surface area (Å²) in [5.74, 6) is -0.267. The van der Waals surface area contributed by atoms with E-state index >= 15 is 0 Å². The van der Waals surface area contributed by atoms with Gasteiger partial charge < -0.3 is 15.2 Å². The molecule has 20 heavy (non-hydrogen) atoms. The first-order valence-electron chi connectivity index (χ1n) is 7.08. The van der Waals surface area contributed by atoms with Gasteiger partial charge in [0.2, 0.25) is 0 Å². The number of hydrogen-bond acceptors (Lipinski definition) is 4. The third-order valence-corrected chi connectivity index (χ3v) is 3.88. The molecule has 1 saturated heterocycles. The molecule has 0 radical (unpaired) electrons. The lowest BCUT2D eigenvalue weighted by Crippen LogP contribution is -2.33. The molecule has 0 amide bonds. The van der Waals surface area contributed by atoms with Crippen molar-refractivity contribution in [3.8, 4) is 0 Å². The van der Waals surface area contributed by atoms with Crippen molar-refractivity contribution in [2.75, 3.05) is 25.1 Å². The van der Waals surface area contributed by atoms with Crippen LogP contribution in [0.4, 0.5) is 5.82 Å². The minimum atomic E-state index is -0.914. The van der Waals surface area contributed by atoms with Crippen LogP contribution in [0.2, 0.25) is 0 Å². The number of nitrogens with zero attached hydrogens (tertiary/aromatic N) is 1. The predicted octanol–water partition coefficient (Wildman–Crippen LogP) is 2.57. The zero-order chi connectivity index (χ0) is 14.6. The summed E-state index contributed by atoms with van der Waals surface area (Å²) in [6.45, 7) is 6.57. The van der Waals surface area contributed by atoms with Gasteiger partial charge in [0.25, 0.3) is 0 Å². The van der Waals surface area contributed by atoms with E-state index in [1.807, 2.05) is 6.92 Å². The predicted molar refractivity (Wildman–Crippen MR) is 77.2 cm³/mol. The number of ether oxygens (including phenoxy) is 1. The van der Waals surface area contributed by atoms with Gasteiger partial charge in [-0.1, -0.05) is 13.8 Å². The zero-order valence-corrected chi connectivity index (χ0v) is 12.1. The van der Waals surface area contributed by atoms with Gasteiger partial charge in [-0.25, -0.2) is 9.78 Å². The summed E-state index contributed by atoms with van der Waals surface area (Å²) < 4.78 is 5.38. The van der Waals surface area contributed by atoms with Crippen molar-refractivity contribution in [2.24, 2.45) is 5.41 Å². The molecule has 1 aliphatic heterocycles. The Labute approximate surface area is 119 Å². The molecule has 0 atom stereocenters. The Morgan fingerprint density at radius 1 is 1.45 bits per heavy atom. The van der Waals surface area contributed by atoms with Gasteiger partial charge in [0.15, 0.2) is 0 Å². The summed E-state index contributed by atoms with van der Waals surface area (Å²) in [6, 6.07) is 3.23. The molecule has 2 heterocycles. The van der Waals surface area contributed by atoms with Crippen LogP contribution in [0.25, 0.3) is 0 Å². The van der Waals surface area contributed by atoms with Crippen LogP contribution in [-0.2, 0) is 11.2 Å². The number of aryl methyl sites for hydroxylation is 1. The Morgan fingerprint density at radius 2 is 2.15 bits per heavy atom. The Bertz CT molecular complexity index is 482. The van der Waals surface area contributed by atoms with Crippen LogP contribution in [-0.4, -0.2) is 35.8 Å². The van der Waals surface area contributed by atoms with Crippen molar-refractivity contribution in [1.29, 1.82) is 0 Å². The van der Waals surface area contributed by atoms with Gasteiger partial charge in [0.05, 0.1) is 5.56 Å². The van der Waals surface area contributed by atoms with Gasteiger partial charge in [-0.2, -0.15) is 0 Å². The van der Waals surface area contributed by atoms with Gasteiger partial charge in [-0.3, -0.25) is 0 Å². The van der Waals surface area contributed by atoms with Crippen molar-refractivity contribution in [1.82, 2.24) is 4.98 Å². The minimum Gasteiger partial charge on any atom is -0.478 e. The lowest BCUT2D eigenvalue weighted by molar-refractivity contribution is 0.0300. The van der Waals surface area contributed by atoms with E-state index in [2.05, 4.69) is 17.2 Å². The number of aromatic carboxylic acids is 1. The average Bonchev–Trinajstić information content (AvgIpc) is 2.45. The zero-order valence-electron chi connectivity index (χ0n) is 12.1. The molecule has 1 fully saturated rings. The number of carboxylic acid groups (broad SMARTS) is 1. The molecule has 0 aliphatic carbocycles.